The van der Waals surface area contributed by atoms with Crippen molar-refractivity contribution in [3.05, 3.63) is 58.8 Å². The number of amides is 2. The van der Waals surface area contributed by atoms with Crippen LogP contribution in [0.2, 0.25) is 0 Å². The summed E-state index contributed by atoms with van der Waals surface area (Å²) in [5.41, 5.74) is 4.45. The highest BCUT2D eigenvalue weighted by molar-refractivity contribution is 5.98. The van der Waals surface area contributed by atoms with Crippen molar-refractivity contribution < 1.29 is 19.1 Å². The molecule has 1 aromatic heterocycles. The summed E-state index contributed by atoms with van der Waals surface area (Å²) in [7, 11) is 1.60. The van der Waals surface area contributed by atoms with Gasteiger partial charge >= 0.3 is 0 Å². The molecule has 0 saturated carbocycles. The topological polar surface area (TPSA) is 124 Å². The molecular weight excluding hydrogens is 468 g/mol. The van der Waals surface area contributed by atoms with Crippen LogP contribution < -0.4 is 15.4 Å². The number of nitrogens with zero attached hydrogens (tertiary/aromatic N) is 1. The summed E-state index contributed by atoms with van der Waals surface area (Å²) >= 11 is 0. The van der Waals surface area contributed by atoms with Crippen LogP contribution in [0.4, 0.5) is 5.69 Å². The molecule has 8 nitrogen and oxygen atoms in total. The number of aromatic nitrogens is 1. The maximum absolute atomic E-state index is 13.2. The summed E-state index contributed by atoms with van der Waals surface area (Å²) in [6.07, 6.45) is 3.27. The highest BCUT2D eigenvalue weighted by atomic mass is 16.5. The average molecular weight is 503 g/mol. The number of carbonyl (C=O) groups is 3. The first-order valence-electron chi connectivity index (χ1n) is 12.5. The number of unbranched alkanes of at least 4 members (excludes halogenated alkanes) is 2. The summed E-state index contributed by atoms with van der Waals surface area (Å²) in [4.78, 5) is 40.8. The van der Waals surface area contributed by atoms with Crippen molar-refractivity contribution in [2.45, 2.75) is 65.3 Å². The quantitative estimate of drug-likeness (QED) is 0.305. The van der Waals surface area contributed by atoms with Crippen molar-refractivity contribution in [2.24, 2.45) is 0 Å². The Hall–Kier alpha value is -4.12. The van der Waals surface area contributed by atoms with E-state index in [9.17, 15) is 19.6 Å². The second kappa shape index (κ2) is 12.7. The van der Waals surface area contributed by atoms with Gasteiger partial charge in [0.1, 0.15) is 17.6 Å². The monoisotopic (exact) mass is 502 g/mol. The van der Waals surface area contributed by atoms with E-state index in [-0.39, 0.29) is 24.0 Å². The molecule has 3 rings (SSSR count). The molecular formula is C29H34N4O4. The number of methoxy groups -OCH3 is 1. The van der Waals surface area contributed by atoms with Crippen LogP contribution in [0, 0.1) is 25.2 Å². The Morgan fingerprint density at radius 1 is 1.08 bits per heavy atom. The number of nitriles is 1. The van der Waals surface area contributed by atoms with Crippen molar-refractivity contribution in [2.75, 3.05) is 12.4 Å². The number of aryl methyl sites for hydroxylation is 2. The van der Waals surface area contributed by atoms with E-state index in [0.717, 1.165) is 40.6 Å². The first-order chi connectivity index (χ1) is 17.7. The predicted molar refractivity (Wildman–Crippen MR) is 144 cm³/mol. The maximum Gasteiger partial charge on any atom is 0.246 e. The fraction of sp³-hybridized carbons (Fsp3) is 0.379. The molecule has 37 heavy (non-hydrogen) atoms. The Kier molecular flexibility index (Phi) is 9.45. The third-order valence-electron chi connectivity index (χ3n) is 6.46. The fourth-order valence-electron chi connectivity index (χ4n) is 4.34. The standard InChI is InChI=1S/C29H34N4O4/c1-18-10-11-22(14-21(18)17-30)32-29(36)27(9-7-5-6-8-19(2)34)33-28(35)16-24-20(3)31-26-13-12-23(37-4)15-25(24)26/h10-15,27,31H,5-9,16H2,1-4H3,(H,32,36)(H,33,35)/t27-/m0/s1. The highest BCUT2D eigenvalue weighted by Gasteiger charge is 2.22. The molecule has 0 aliphatic heterocycles. The molecule has 0 bridgehead atoms. The minimum atomic E-state index is -0.753. The van der Waals surface area contributed by atoms with E-state index in [1.807, 2.05) is 32.0 Å². The van der Waals surface area contributed by atoms with Gasteiger partial charge in [0, 0.05) is 28.7 Å². The largest absolute Gasteiger partial charge is 0.497 e. The van der Waals surface area contributed by atoms with Gasteiger partial charge in [-0.05, 0) is 75.1 Å². The van der Waals surface area contributed by atoms with Gasteiger partial charge in [0.2, 0.25) is 11.8 Å². The lowest BCUT2D eigenvalue weighted by Crippen LogP contribution is -2.44. The summed E-state index contributed by atoms with van der Waals surface area (Å²) in [5.74, 6) is 0.231. The Morgan fingerprint density at radius 3 is 2.57 bits per heavy atom. The second-order valence-electron chi connectivity index (χ2n) is 9.37. The molecule has 0 aliphatic rings. The van der Waals surface area contributed by atoms with Crippen LogP contribution in [0.3, 0.4) is 0 Å². The van der Waals surface area contributed by atoms with Crippen molar-refractivity contribution in [3.63, 3.8) is 0 Å². The number of nitrogens with one attached hydrogen (secondary N) is 3. The van der Waals surface area contributed by atoms with Gasteiger partial charge in [0.05, 0.1) is 25.2 Å². The van der Waals surface area contributed by atoms with Crippen LogP contribution in [-0.2, 0) is 20.8 Å². The number of H-pyrrole nitrogens is 1. The average Bonchev–Trinajstić information content (AvgIpc) is 3.17. The zero-order valence-corrected chi connectivity index (χ0v) is 21.9. The van der Waals surface area contributed by atoms with Gasteiger partial charge in [-0.15, -0.1) is 0 Å². The first kappa shape index (κ1) is 27.5. The van der Waals surface area contributed by atoms with Crippen molar-refractivity contribution in [1.29, 1.82) is 5.26 Å². The van der Waals surface area contributed by atoms with Crippen molar-refractivity contribution >= 4 is 34.2 Å². The van der Waals surface area contributed by atoms with E-state index in [0.29, 0.717) is 36.3 Å². The molecule has 2 aromatic carbocycles. The van der Waals surface area contributed by atoms with Gasteiger partial charge in [0.15, 0.2) is 0 Å². The van der Waals surface area contributed by atoms with Crippen LogP contribution in [0.1, 0.15) is 61.4 Å². The molecule has 8 heteroatoms. The number of benzene rings is 2. The van der Waals surface area contributed by atoms with Gasteiger partial charge in [-0.3, -0.25) is 9.59 Å². The number of hydrogen-bond acceptors (Lipinski definition) is 5. The molecule has 3 aromatic rings. The smallest absolute Gasteiger partial charge is 0.246 e. The number of carbonyl (C=O) groups excluding carboxylic acids is 3. The Morgan fingerprint density at radius 2 is 1.86 bits per heavy atom. The molecule has 0 fully saturated rings. The number of hydrogen-bond donors (Lipinski definition) is 3. The minimum Gasteiger partial charge on any atom is -0.497 e. The zero-order chi connectivity index (χ0) is 26.9. The van der Waals surface area contributed by atoms with Gasteiger partial charge < -0.3 is 25.1 Å². The number of Topliss-reactive ketones (excluding diaryl/α,β-unsaturated/α-hetero) is 1. The third-order valence-corrected chi connectivity index (χ3v) is 6.46. The number of aromatic amines is 1. The lowest BCUT2D eigenvalue weighted by atomic mass is 10.0. The highest BCUT2D eigenvalue weighted by Crippen LogP contribution is 2.27. The normalized spacial score (nSPS) is 11.5. The molecule has 1 heterocycles. The third kappa shape index (κ3) is 7.43. The Bertz CT molecular complexity index is 1340. The van der Waals surface area contributed by atoms with E-state index >= 15 is 0 Å². The van der Waals surface area contributed by atoms with Crippen LogP contribution in [0.25, 0.3) is 10.9 Å². The lowest BCUT2D eigenvalue weighted by molar-refractivity contribution is -0.126. The lowest BCUT2D eigenvalue weighted by Gasteiger charge is -2.19. The number of ketones is 1. The molecule has 3 N–H and O–H groups in total. The summed E-state index contributed by atoms with van der Waals surface area (Å²) < 4.78 is 5.34. The van der Waals surface area contributed by atoms with Crippen LogP contribution in [-0.4, -0.2) is 35.7 Å². The number of fused-ring (bicyclic) bond motifs is 1. The molecule has 2 amide bonds. The van der Waals surface area contributed by atoms with Crippen LogP contribution >= 0.6 is 0 Å². The minimum absolute atomic E-state index is 0.107. The molecule has 0 unspecified atom stereocenters. The predicted octanol–water partition coefficient (Wildman–Crippen LogP) is 4.87. The van der Waals surface area contributed by atoms with E-state index in [2.05, 4.69) is 21.7 Å². The number of rotatable bonds is 12. The van der Waals surface area contributed by atoms with Crippen molar-refractivity contribution in [3.8, 4) is 11.8 Å². The molecule has 0 radical (unpaired) electrons. The van der Waals surface area contributed by atoms with Gasteiger partial charge in [0.25, 0.3) is 0 Å². The Labute approximate surface area is 217 Å². The van der Waals surface area contributed by atoms with E-state index < -0.39 is 6.04 Å². The molecule has 194 valence electrons. The number of ether oxygens (including phenoxy) is 1. The van der Waals surface area contributed by atoms with E-state index in [4.69, 9.17) is 4.74 Å². The van der Waals surface area contributed by atoms with Crippen LogP contribution in [0.5, 0.6) is 5.75 Å². The van der Waals surface area contributed by atoms with E-state index in [1.54, 1.807) is 32.2 Å². The summed E-state index contributed by atoms with van der Waals surface area (Å²) in [6.45, 7) is 5.31. The first-order valence-corrected chi connectivity index (χ1v) is 12.5. The SMILES string of the molecule is COc1ccc2[nH]c(C)c(CC(=O)N[C@@H](CCCCCC(C)=O)C(=O)Nc3ccc(C)c(C#N)c3)c2c1. The molecule has 0 spiro atoms. The fourth-order valence-corrected chi connectivity index (χ4v) is 4.34. The molecule has 0 saturated heterocycles. The van der Waals surface area contributed by atoms with Gasteiger partial charge in [-0.1, -0.05) is 18.9 Å². The van der Waals surface area contributed by atoms with Gasteiger partial charge in [-0.2, -0.15) is 5.26 Å². The van der Waals surface area contributed by atoms with E-state index in [1.165, 1.54) is 0 Å². The van der Waals surface area contributed by atoms with Gasteiger partial charge in [-0.25, -0.2) is 0 Å². The Balaban J connectivity index is 1.74. The van der Waals surface area contributed by atoms with Crippen LogP contribution in [0.15, 0.2) is 36.4 Å². The van der Waals surface area contributed by atoms with Crippen molar-refractivity contribution in [1.82, 2.24) is 10.3 Å². The maximum atomic E-state index is 13.2. The molecule has 1 atom stereocenters. The zero-order valence-electron chi connectivity index (χ0n) is 21.9. The molecule has 0 aliphatic carbocycles. The summed E-state index contributed by atoms with van der Waals surface area (Å²) in [5, 5.41) is 16.0. The second-order valence-corrected chi connectivity index (χ2v) is 9.37. The number of anilines is 1. The summed E-state index contributed by atoms with van der Waals surface area (Å²) in [6, 6.07) is 12.2.